The van der Waals surface area contributed by atoms with Crippen molar-refractivity contribution in [3.8, 4) is 5.75 Å². The molecule has 1 spiro atoms. The summed E-state index contributed by atoms with van der Waals surface area (Å²) >= 11 is 0. The first-order valence-corrected chi connectivity index (χ1v) is 11.0. The molecule has 2 amide bonds. The number of hydrogen-bond acceptors (Lipinski definition) is 5. The summed E-state index contributed by atoms with van der Waals surface area (Å²) in [4.78, 5) is 32.0. The lowest BCUT2D eigenvalue weighted by atomic mass is 9.98. The Morgan fingerprint density at radius 3 is 2.66 bits per heavy atom. The Kier molecular flexibility index (Phi) is 6.28. The Morgan fingerprint density at radius 2 is 1.94 bits per heavy atom. The second-order valence-electron chi connectivity index (χ2n) is 8.65. The molecule has 0 bridgehead atoms. The number of carbonyl (C=O) groups excluding carboxylic acids is 2. The number of carbonyl (C=O) groups is 2. The van der Waals surface area contributed by atoms with E-state index in [-0.39, 0.29) is 11.8 Å². The Labute approximate surface area is 188 Å². The fourth-order valence-corrected chi connectivity index (χ4v) is 4.21. The van der Waals surface area contributed by atoms with E-state index in [1.165, 1.54) is 5.56 Å². The maximum absolute atomic E-state index is 12.6. The molecule has 32 heavy (non-hydrogen) atoms. The average Bonchev–Trinajstić information content (AvgIpc) is 3.12. The minimum absolute atomic E-state index is 0.0152. The van der Waals surface area contributed by atoms with Gasteiger partial charge in [-0.15, -0.1) is 0 Å². The predicted molar refractivity (Wildman–Crippen MR) is 124 cm³/mol. The minimum Gasteiger partial charge on any atom is -0.497 e. The molecule has 7 heteroatoms. The van der Waals surface area contributed by atoms with E-state index in [4.69, 9.17) is 9.73 Å². The highest BCUT2D eigenvalue weighted by Gasteiger charge is 2.42. The Bertz CT molecular complexity index is 1050. The fourth-order valence-electron chi connectivity index (χ4n) is 4.21. The highest BCUT2D eigenvalue weighted by Crippen LogP contribution is 2.29. The van der Waals surface area contributed by atoms with Crippen LogP contribution in [0.3, 0.4) is 0 Å². The molecule has 7 nitrogen and oxygen atoms in total. The molecule has 168 valence electrons. The van der Waals surface area contributed by atoms with Crippen LogP contribution in [0.25, 0.3) is 0 Å². The van der Waals surface area contributed by atoms with Crippen molar-refractivity contribution in [2.75, 3.05) is 26.7 Å². The number of aryl methyl sites for hydroxylation is 2. The van der Waals surface area contributed by atoms with Crippen molar-refractivity contribution in [3.05, 3.63) is 64.7 Å². The molecule has 2 N–H and O–H groups in total. The highest BCUT2D eigenvalue weighted by molar-refractivity contribution is 6.46. The molecular weight excluding hydrogens is 404 g/mol. The second kappa shape index (κ2) is 9.12. The van der Waals surface area contributed by atoms with Crippen molar-refractivity contribution in [3.63, 3.8) is 0 Å². The third kappa shape index (κ3) is 4.83. The van der Waals surface area contributed by atoms with Gasteiger partial charge in [-0.25, -0.2) is 0 Å². The molecular formula is C25H30N4O3. The van der Waals surface area contributed by atoms with Gasteiger partial charge in [0.2, 0.25) is 5.91 Å². The first kappa shape index (κ1) is 22.0. The maximum Gasteiger partial charge on any atom is 0.272 e. The molecule has 2 aliphatic heterocycles. The van der Waals surface area contributed by atoms with Crippen molar-refractivity contribution in [1.82, 2.24) is 15.5 Å². The van der Waals surface area contributed by atoms with E-state index in [1.807, 2.05) is 49.4 Å². The Balaban J connectivity index is 1.31. The van der Waals surface area contributed by atoms with E-state index < -0.39 is 5.66 Å². The summed E-state index contributed by atoms with van der Waals surface area (Å²) in [6.45, 7) is 6.31. The van der Waals surface area contributed by atoms with Gasteiger partial charge in [-0.05, 0) is 48.7 Å². The van der Waals surface area contributed by atoms with Crippen LogP contribution in [0, 0.1) is 13.8 Å². The van der Waals surface area contributed by atoms with E-state index in [0.29, 0.717) is 44.7 Å². The van der Waals surface area contributed by atoms with Crippen LogP contribution in [0.1, 0.15) is 35.1 Å². The van der Waals surface area contributed by atoms with E-state index in [1.54, 1.807) is 7.11 Å². The predicted octanol–water partition coefficient (Wildman–Crippen LogP) is 2.34. The summed E-state index contributed by atoms with van der Waals surface area (Å²) in [7, 11) is 1.63. The quantitative estimate of drug-likeness (QED) is 0.731. The molecule has 1 saturated heterocycles. The molecule has 0 aliphatic carbocycles. The normalized spacial score (nSPS) is 17.7. The summed E-state index contributed by atoms with van der Waals surface area (Å²) in [5.41, 5.74) is 4.16. The number of rotatable bonds is 6. The van der Waals surface area contributed by atoms with Crippen LogP contribution in [0.15, 0.2) is 47.5 Å². The Morgan fingerprint density at radius 1 is 1.16 bits per heavy atom. The van der Waals surface area contributed by atoms with Crippen LogP contribution < -0.4 is 15.4 Å². The lowest BCUT2D eigenvalue weighted by molar-refractivity contribution is -0.123. The lowest BCUT2D eigenvalue weighted by Crippen LogP contribution is -2.52. The van der Waals surface area contributed by atoms with Gasteiger partial charge in [0.25, 0.3) is 5.91 Å². The van der Waals surface area contributed by atoms with Crippen LogP contribution in [-0.2, 0) is 16.1 Å². The summed E-state index contributed by atoms with van der Waals surface area (Å²) in [6.07, 6.45) is 1.38. The number of nitrogens with one attached hydrogen (secondary N) is 2. The van der Waals surface area contributed by atoms with E-state index in [2.05, 4.69) is 22.5 Å². The number of benzene rings is 2. The molecule has 2 aliphatic rings. The van der Waals surface area contributed by atoms with Crippen LogP contribution >= 0.6 is 0 Å². The molecule has 1 fully saturated rings. The standard InChI is InChI=1S/C25H30N4O3/c1-17-7-8-20(13-18(17)2)23-24(31)28-25(27-23)9-11-29(12-10-25)16-22(30)26-15-19-5-4-6-21(14-19)32-3/h4-8,13-14H,9-12,15-16H2,1-3H3,(H,26,30)(H,28,31). The zero-order valence-corrected chi connectivity index (χ0v) is 18.9. The summed E-state index contributed by atoms with van der Waals surface area (Å²) in [6, 6.07) is 13.7. The van der Waals surface area contributed by atoms with Gasteiger partial charge in [-0.1, -0.05) is 24.3 Å². The molecule has 4 rings (SSSR count). The molecule has 2 aromatic carbocycles. The summed E-state index contributed by atoms with van der Waals surface area (Å²) in [5, 5.41) is 6.07. The van der Waals surface area contributed by atoms with E-state index in [9.17, 15) is 9.59 Å². The highest BCUT2D eigenvalue weighted by atomic mass is 16.5. The van der Waals surface area contributed by atoms with Gasteiger partial charge in [0.05, 0.1) is 13.7 Å². The molecule has 0 atom stereocenters. The van der Waals surface area contributed by atoms with Crippen LogP contribution in [0.5, 0.6) is 5.75 Å². The molecule has 0 saturated carbocycles. The van der Waals surface area contributed by atoms with Gasteiger partial charge in [-0.2, -0.15) is 0 Å². The summed E-state index contributed by atoms with van der Waals surface area (Å²) < 4.78 is 5.22. The van der Waals surface area contributed by atoms with E-state index >= 15 is 0 Å². The third-order valence-electron chi connectivity index (χ3n) is 6.34. The number of ether oxygens (including phenoxy) is 1. The van der Waals surface area contributed by atoms with Gasteiger partial charge in [0.1, 0.15) is 17.1 Å². The molecule has 0 aromatic heterocycles. The zero-order chi connectivity index (χ0) is 22.7. The van der Waals surface area contributed by atoms with Crippen molar-refractivity contribution < 1.29 is 14.3 Å². The molecule has 2 aromatic rings. The van der Waals surface area contributed by atoms with Crippen LogP contribution in [0.2, 0.25) is 0 Å². The van der Waals surface area contributed by atoms with Crippen LogP contribution in [-0.4, -0.2) is 54.8 Å². The van der Waals surface area contributed by atoms with Gasteiger partial charge >= 0.3 is 0 Å². The topological polar surface area (TPSA) is 83.0 Å². The smallest absolute Gasteiger partial charge is 0.272 e. The number of likely N-dealkylation sites (tertiary alicyclic amines) is 1. The maximum atomic E-state index is 12.6. The average molecular weight is 435 g/mol. The largest absolute Gasteiger partial charge is 0.497 e. The third-order valence-corrected chi connectivity index (χ3v) is 6.34. The van der Waals surface area contributed by atoms with E-state index in [0.717, 1.165) is 22.4 Å². The minimum atomic E-state index is -0.557. The van der Waals surface area contributed by atoms with Gasteiger partial charge in [0.15, 0.2) is 0 Å². The number of hydrogen-bond donors (Lipinski definition) is 2. The fraction of sp³-hybridized carbons (Fsp3) is 0.400. The van der Waals surface area contributed by atoms with Crippen molar-refractivity contribution >= 4 is 17.5 Å². The summed E-state index contributed by atoms with van der Waals surface area (Å²) in [5.74, 6) is 0.647. The van der Waals surface area contributed by atoms with Crippen molar-refractivity contribution in [2.45, 2.75) is 38.9 Å². The first-order valence-electron chi connectivity index (χ1n) is 11.0. The van der Waals surface area contributed by atoms with Crippen LogP contribution in [0.4, 0.5) is 0 Å². The number of amides is 2. The first-order chi connectivity index (χ1) is 15.4. The number of aliphatic imine (C=N–C) groups is 1. The number of methoxy groups -OCH3 is 1. The molecule has 0 unspecified atom stereocenters. The zero-order valence-electron chi connectivity index (χ0n) is 18.9. The number of nitrogens with zero attached hydrogens (tertiary/aromatic N) is 2. The molecule has 2 heterocycles. The monoisotopic (exact) mass is 434 g/mol. The Hall–Kier alpha value is -3.19. The molecule has 0 radical (unpaired) electrons. The SMILES string of the molecule is COc1cccc(CNC(=O)CN2CCC3(CC2)N=C(c2ccc(C)c(C)c2)C(=O)N3)c1. The van der Waals surface area contributed by atoms with Crippen molar-refractivity contribution in [1.29, 1.82) is 0 Å². The second-order valence-corrected chi connectivity index (χ2v) is 8.65. The van der Waals surface area contributed by atoms with Gasteiger partial charge in [0, 0.05) is 38.0 Å². The lowest BCUT2D eigenvalue weighted by Gasteiger charge is -2.36. The van der Waals surface area contributed by atoms with Gasteiger partial charge in [-0.3, -0.25) is 19.5 Å². The van der Waals surface area contributed by atoms with Gasteiger partial charge < -0.3 is 15.4 Å². The number of piperidine rings is 1. The van der Waals surface area contributed by atoms with Crippen molar-refractivity contribution in [2.24, 2.45) is 4.99 Å².